The van der Waals surface area contributed by atoms with E-state index in [0.717, 1.165) is 29.4 Å². The van der Waals surface area contributed by atoms with E-state index in [4.69, 9.17) is 18.0 Å². The van der Waals surface area contributed by atoms with Gasteiger partial charge in [-0.1, -0.05) is 26.1 Å². The van der Waals surface area contributed by atoms with E-state index < -0.39 is 0 Å². The molecule has 0 aromatic heterocycles. The molecule has 17 heavy (non-hydrogen) atoms. The summed E-state index contributed by atoms with van der Waals surface area (Å²) in [6.45, 7) is 7.17. The van der Waals surface area contributed by atoms with Gasteiger partial charge < -0.3 is 5.73 Å². The molecule has 0 spiro atoms. The molecule has 1 aliphatic heterocycles. The quantitative estimate of drug-likeness (QED) is 0.768. The van der Waals surface area contributed by atoms with Gasteiger partial charge in [-0.2, -0.15) is 0 Å². The van der Waals surface area contributed by atoms with Crippen LogP contribution in [0.1, 0.15) is 46.0 Å². The molecule has 0 bridgehead atoms. The highest BCUT2D eigenvalue weighted by Gasteiger charge is 2.31. The second-order valence-electron chi connectivity index (χ2n) is 6.16. The van der Waals surface area contributed by atoms with Crippen LogP contribution in [0.3, 0.4) is 0 Å². The standard InChI is InChI=1S/C14H26N2S/c1-10-5-6-13(8-11(10)2)16-7-3-4-12(9-16)14(15)17/h10-13H,3-9H2,1-2H3,(H2,15,17). The first kappa shape index (κ1) is 13.3. The molecule has 0 aromatic rings. The molecule has 0 radical (unpaired) electrons. The molecule has 2 rings (SSSR count). The van der Waals surface area contributed by atoms with Crippen molar-refractivity contribution < 1.29 is 0 Å². The van der Waals surface area contributed by atoms with Crippen molar-refractivity contribution in [3.8, 4) is 0 Å². The van der Waals surface area contributed by atoms with E-state index in [1.807, 2.05) is 0 Å². The highest BCUT2D eigenvalue weighted by atomic mass is 32.1. The van der Waals surface area contributed by atoms with Crippen LogP contribution in [0.25, 0.3) is 0 Å². The minimum absolute atomic E-state index is 0.466. The van der Waals surface area contributed by atoms with Crippen LogP contribution < -0.4 is 5.73 Å². The average molecular weight is 254 g/mol. The number of rotatable bonds is 2. The number of nitrogens with zero attached hydrogens (tertiary/aromatic N) is 1. The van der Waals surface area contributed by atoms with Crippen LogP contribution >= 0.6 is 12.2 Å². The molecular formula is C14H26N2S. The van der Waals surface area contributed by atoms with Crippen LogP contribution in [-0.2, 0) is 0 Å². The molecule has 2 aliphatic rings. The molecule has 0 aromatic carbocycles. The van der Waals surface area contributed by atoms with Crippen molar-refractivity contribution in [3.63, 3.8) is 0 Å². The number of nitrogens with two attached hydrogens (primary N) is 1. The van der Waals surface area contributed by atoms with Gasteiger partial charge in [0.2, 0.25) is 0 Å². The van der Waals surface area contributed by atoms with Gasteiger partial charge in [0.25, 0.3) is 0 Å². The zero-order valence-corrected chi connectivity index (χ0v) is 12.0. The topological polar surface area (TPSA) is 29.3 Å². The Morgan fingerprint density at radius 3 is 2.59 bits per heavy atom. The molecule has 1 saturated carbocycles. The zero-order valence-electron chi connectivity index (χ0n) is 11.2. The van der Waals surface area contributed by atoms with Crippen molar-refractivity contribution in [2.75, 3.05) is 13.1 Å². The Kier molecular flexibility index (Phi) is 4.42. The molecule has 1 heterocycles. The average Bonchev–Trinajstić information content (AvgIpc) is 2.33. The maximum atomic E-state index is 5.81. The van der Waals surface area contributed by atoms with Crippen LogP contribution in [-0.4, -0.2) is 29.0 Å². The lowest BCUT2D eigenvalue weighted by atomic mass is 9.78. The molecule has 1 saturated heterocycles. The number of piperidine rings is 1. The predicted octanol–water partition coefficient (Wildman–Crippen LogP) is 2.81. The molecule has 4 atom stereocenters. The molecule has 3 heteroatoms. The fourth-order valence-corrected chi connectivity index (χ4v) is 3.61. The van der Waals surface area contributed by atoms with E-state index in [2.05, 4.69) is 18.7 Å². The van der Waals surface area contributed by atoms with Crippen LogP contribution in [0.15, 0.2) is 0 Å². The highest BCUT2D eigenvalue weighted by molar-refractivity contribution is 7.80. The van der Waals surface area contributed by atoms with Gasteiger partial charge in [0.15, 0.2) is 0 Å². The van der Waals surface area contributed by atoms with Crippen molar-refractivity contribution in [1.29, 1.82) is 0 Å². The summed E-state index contributed by atoms with van der Waals surface area (Å²) in [5, 5.41) is 0. The van der Waals surface area contributed by atoms with Gasteiger partial charge in [-0.25, -0.2) is 0 Å². The minimum Gasteiger partial charge on any atom is -0.393 e. The van der Waals surface area contributed by atoms with Crippen molar-refractivity contribution in [1.82, 2.24) is 4.90 Å². The molecule has 2 fully saturated rings. The van der Waals surface area contributed by atoms with Crippen molar-refractivity contribution in [2.45, 2.75) is 52.0 Å². The number of hydrogen-bond acceptors (Lipinski definition) is 2. The van der Waals surface area contributed by atoms with Gasteiger partial charge in [0.05, 0.1) is 4.99 Å². The molecular weight excluding hydrogens is 228 g/mol. The zero-order chi connectivity index (χ0) is 12.4. The van der Waals surface area contributed by atoms with Crippen molar-refractivity contribution in [2.24, 2.45) is 23.5 Å². The summed E-state index contributed by atoms with van der Waals surface area (Å²) in [4.78, 5) is 3.39. The van der Waals surface area contributed by atoms with E-state index in [1.54, 1.807) is 0 Å². The Morgan fingerprint density at radius 1 is 1.18 bits per heavy atom. The van der Waals surface area contributed by atoms with E-state index >= 15 is 0 Å². The van der Waals surface area contributed by atoms with Crippen LogP contribution in [0.5, 0.6) is 0 Å². The van der Waals surface area contributed by atoms with Gasteiger partial charge >= 0.3 is 0 Å². The Balaban J connectivity index is 1.91. The van der Waals surface area contributed by atoms with Crippen molar-refractivity contribution in [3.05, 3.63) is 0 Å². The lowest BCUT2D eigenvalue weighted by molar-refractivity contribution is 0.0821. The van der Waals surface area contributed by atoms with Gasteiger partial charge in [0, 0.05) is 18.5 Å². The summed E-state index contributed by atoms with van der Waals surface area (Å²) >= 11 is 5.16. The third kappa shape index (κ3) is 3.19. The Morgan fingerprint density at radius 2 is 1.94 bits per heavy atom. The second kappa shape index (κ2) is 5.66. The molecule has 98 valence electrons. The minimum atomic E-state index is 0.466. The number of likely N-dealkylation sites (tertiary alicyclic amines) is 1. The maximum absolute atomic E-state index is 5.81. The number of thiocarbonyl (C=S) groups is 1. The summed E-state index contributed by atoms with van der Waals surface area (Å²) < 4.78 is 0. The van der Waals surface area contributed by atoms with E-state index in [9.17, 15) is 0 Å². The Hall–Kier alpha value is -0.150. The third-order valence-corrected chi connectivity index (χ3v) is 5.28. The largest absolute Gasteiger partial charge is 0.393 e. The maximum Gasteiger partial charge on any atom is 0.0771 e. The monoisotopic (exact) mass is 254 g/mol. The first-order valence-electron chi connectivity index (χ1n) is 7.11. The third-order valence-electron chi connectivity index (χ3n) is 4.94. The second-order valence-corrected chi connectivity index (χ2v) is 6.63. The first-order valence-corrected chi connectivity index (χ1v) is 7.52. The molecule has 1 aliphatic carbocycles. The van der Waals surface area contributed by atoms with Gasteiger partial charge in [-0.3, -0.25) is 4.90 Å². The molecule has 0 amide bonds. The highest BCUT2D eigenvalue weighted by Crippen LogP contribution is 2.33. The predicted molar refractivity (Wildman–Crippen MR) is 77.0 cm³/mol. The van der Waals surface area contributed by atoms with Crippen LogP contribution in [0, 0.1) is 17.8 Å². The summed E-state index contributed by atoms with van der Waals surface area (Å²) in [5.41, 5.74) is 5.81. The molecule has 2 nitrogen and oxygen atoms in total. The summed E-state index contributed by atoms with van der Waals surface area (Å²) in [7, 11) is 0. The normalized spacial score (nSPS) is 40.1. The van der Waals surface area contributed by atoms with E-state index in [1.165, 1.54) is 38.6 Å². The summed E-state index contributed by atoms with van der Waals surface area (Å²) in [6.07, 6.45) is 6.59. The van der Waals surface area contributed by atoms with Gasteiger partial charge in [-0.15, -0.1) is 0 Å². The number of hydrogen-bond donors (Lipinski definition) is 1. The lowest BCUT2D eigenvalue weighted by Crippen LogP contribution is -2.47. The van der Waals surface area contributed by atoms with Gasteiger partial charge in [0.1, 0.15) is 0 Å². The smallest absolute Gasteiger partial charge is 0.0771 e. The molecule has 2 N–H and O–H groups in total. The van der Waals surface area contributed by atoms with Crippen LogP contribution in [0.4, 0.5) is 0 Å². The van der Waals surface area contributed by atoms with Gasteiger partial charge in [-0.05, 0) is 50.5 Å². The fraction of sp³-hybridized carbons (Fsp3) is 0.929. The lowest BCUT2D eigenvalue weighted by Gasteiger charge is -2.42. The Bertz CT molecular complexity index is 279. The summed E-state index contributed by atoms with van der Waals surface area (Å²) in [6, 6.07) is 0.790. The van der Waals surface area contributed by atoms with E-state index in [-0.39, 0.29) is 0 Å². The molecule has 4 unspecified atom stereocenters. The Labute approximate surface area is 111 Å². The first-order chi connectivity index (χ1) is 8.08. The van der Waals surface area contributed by atoms with Crippen LogP contribution in [0.2, 0.25) is 0 Å². The SMILES string of the molecule is CC1CCC(N2CCCC(C(N)=S)C2)CC1C. The van der Waals surface area contributed by atoms with Crippen molar-refractivity contribution >= 4 is 17.2 Å². The summed E-state index contributed by atoms with van der Waals surface area (Å²) in [5.74, 6) is 2.25. The van der Waals surface area contributed by atoms with E-state index in [0.29, 0.717) is 5.92 Å². The fourth-order valence-electron chi connectivity index (χ4n) is 3.42.